The number of nitrogens with one attached hydrogen (secondary N) is 3. The summed E-state index contributed by atoms with van der Waals surface area (Å²) in [5, 5.41) is 6.29. The van der Waals surface area contributed by atoms with Gasteiger partial charge in [-0.1, -0.05) is 0 Å². The smallest absolute Gasteiger partial charge is 0.255 e. The molecule has 0 aromatic carbocycles. The van der Waals surface area contributed by atoms with Crippen LogP contribution in [-0.2, 0) is 12.8 Å². The summed E-state index contributed by atoms with van der Waals surface area (Å²) in [5.41, 5.74) is 1.76. The maximum absolute atomic E-state index is 11.7. The Hall–Kier alpha value is -1.36. The van der Waals surface area contributed by atoms with Crippen LogP contribution in [0.5, 0.6) is 0 Å². The number of aromatic amines is 1. The van der Waals surface area contributed by atoms with E-state index < -0.39 is 0 Å². The lowest BCUT2D eigenvalue weighted by atomic mass is 10.1. The van der Waals surface area contributed by atoms with Gasteiger partial charge in [0.1, 0.15) is 0 Å². The van der Waals surface area contributed by atoms with Gasteiger partial charge >= 0.3 is 0 Å². The van der Waals surface area contributed by atoms with E-state index in [9.17, 15) is 4.79 Å². The van der Waals surface area contributed by atoms with Crippen molar-refractivity contribution in [1.29, 1.82) is 0 Å². The van der Waals surface area contributed by atoms with E-state index in [2.05, 4.69) is 20.6 Å². The zero-order chi connectivity index (χ0) is 10.7. The predicted octanol–water partition coefficient (Wildman–Crippen LogP) is -0.110. The molecule has 15 heavy (non-hydrogen) atoms. The van der Waals surface area contributed by atoms with Crippen molar-refractivity contribution in [2.24, 2.45) is 0 Å². The summed E-state index contributed by atoms with van der Waals surface area (Å²) in [7, 11) is 0. The Kier molecular flexibility index (Phi) is 3.01. The summed E-state index contributed by atoms with van der Waals surface area (Å²) in [5.74, 6) is 0.586. The first-order chi connectivity index (χ1) is 7.31. The quantitative estimate of drug-likeness (QED) is 0.634. The van der Waals surface area contributed by atoms with Crippen molar-refractivity contribution in [3.63, 3.8) is 0 Å². The van der Waals surface area contributed by atoms with Gasteiger partial charge in [-0.25, -0.2) is 4.98 Å². The minimum Gasteiger partial charge on any atom is -0.356 e. The molecule has 5 heteroatoms. The Morgan fingerprint density at radius 2 is 2.20 bits per heavy atom. The van der Waals surface area contributed by atoms with Crippen molar-refractivity contribution in [3.8, 4) is 0 Å². The number of hydrogen-bond donors (Lipinski definition) is 3. The molecule has 2 rings (SSSR count). The largest absolute Gasteiger partial charge is 0.356 e. The summed E-state index contributed by atoms with van der Waals surface area (Å²) < 4.78 is 0. The zero-order valence-electron chi connectivity index (χ0n) is 8.89. The monoisotopic (exact) mass is 208 g/mol. The van der Waals surface area contributed by atoms with Gasteiger partial charge in [-0.3, -0.25) is 9.78 Å². The molecule has 0 radical (unpaired) electrons. The maximum Gasteiger partial charge on any atom is 0.255 e. The second-order valence-corrected chi connectivity index (χ2v) is 3.62. The Morgan fingerprint density at radius 1 is 1.40 bits per heavy atom. The summed E-state index contributed by atoms with van der Waals surface area (Å²) in [6, 6.07) is 0. The second kappa shape index (κ2) is 4.44. The SMILES string of the molecule is CCNc1nc2c(c(=O)[nH]1)CCNCC2. The van der Waals surface area contributed by atoms with Gasteiger partial charge in [0.05, 0.1) is 5.69 Å². The van der Waals surface area contributed by atoms with E-state index in [-0.39, 0.29) is 5.56 Å². The number of rotatable bonds is 2. The van der Waals surface area contributed by atoms with Crippen LogP contribution in [0.1, 0.15) is 18.2 Å². The fraction of sp³-hybridized carbons (Fsp3) is 0.600. The van der Waals surface area contributed by atoms with E-state index in [1.807, 2.05) is 6.92 Å². The van der Waals surface area contributed by atoms with Crippen LogP contribution in [0, 0.1) is 0 Å². The number of hydrogen-bond acceptors (Lipinski definition) is 4. The van der Waals surface area contributed by atoms with Crippen LogP contribution in [0.2, 0.25) is 0 Å². The van der Waals surface area contributed by atoms with Gasteiger partial charge in [0.15, 0.2) is 0 Å². The average molecular weight is 208 g/mol. The van der Waals surface area contributed by atoms with E-state index in [1.54, 1.807) is 0 Å². The standard InChI is InChI=1S/C10H16N4O/c1-2-12-10-13-8-4-6-11-5-3-7(8)9(15)14-10/h11H,2-6H2,1H3,(H2,12,13,14,15). The highest BCUT2D eigenvalue weighted by Crippen LogP contribution is 2.07. The molecule has 0 saturated carbocycles. The molecule has 0 aliphatic carbocycles. The Balaban J connectivity index is 2.39. The first-order valence-electron chi connectivity index (χ1n) is 5.38. The van der Waals surface area contributed by atoms with E-state index in [1.165, 1.54) is 0 Å². The van der Waals surface area contributed by atoms with Gasteiger partial charge in [0.2, 0.25) is 5.95 Å². The molecule has 5 nitrogen and oxygen atoms in total. The second-order valence-electron chi connectivity index (χ2n) is 3.62. The molecule has 1 aliphatic rings. The summed E-state index contributed by atoms with van der Waals surface area (Å²) in [6.45, 7) is 4.50. The Morgan fingerprint density at radius 3 is 3.00 bits per heavy atom. The van der Waals surface area contributed by atoms with Crippen molar-refractivity contribution in [1.82, 2.24) is 15.3 Å². The molecule has 0 spiro atoms. The van der Waals surface area contributed by atoms with Crippen molar-refractivity contribution < 1.29 is 0 Å². The number of H-pyrrole nitrogens is 1. The molecule has 0 atom stereocenters. The summed E-state index contributed by atoms with van der Waals surface area (Å²) >= 11 is 0. The molecule has 0 fully saturated rings. The van der Waals surface area contributed by atoms with Crippen molar-refractivity contribution >= 4 is 5.95 Å². The number of anilines is 1. The predicted molar refractivity (Wildman–Crippen MR) is 59.3 cm³/mol. The molecule has 1 aliphatic heterocycles. The molecule has 3 N–H and O–H groups in total. The average Bonchev–Trinajstić information content (AvgIpc) is 2.43. The van der Waals surface area contributed by atoms with Crippen LogP contribution in [0.3, 0.4) is 0 Å². The van der Waals surface area contributed by atoms with Crippen molar-refractivity contribution in [3.05, 3.63) is 21.6 Å². The van der Waals surface area contributed by atoms with E-state index >= 15 is 0 Å². The van der Waals surface area contributed by atoms with Crippen LogP contribution >= 0.6 is 0 Å². The normalized spacial score (nSPS) is 15.5. The third kappa shape index (κ3) is 2.18. The molecule has 82 valence electrons. The van der Waals surface area contributed by atoms with Gasteiger partial charge in [-0.2, -0.15) is 0 Å². The number of aromatic nitrogens is 2. The third-order valence-corrected chi connectivity index (χ3v) is 2.54. The van der Waals surface area contributed by atoms with Crippen molar-refractivity contribution in [2.75, 3.05) is 25.0 Å². The molecule has 1 aromatic rings. The van der Waals surface area contributed by atoms with Gasteiger partial charge in [-0.15, -0.1) is 0 Å². The van der Waals surface area contributed by atoms with Crippen molar-refractivity contribution in [2.45, 2.75) is 19.8 Å². The molecule has 0 amide bonds. The Labute approximate surface area is 88.3 Å². The van der Waals surface area contributed by atoms with E-state index in [4.69, 9.17) is 0 Å². The molecule has 0 unspecified atom stereocenters. The van der Waals surface area contributed by atoms with Crippen LogP contribution in [0.4, 0.5) is 5.95 Å². The van der Waals surface area contributed by atoms with Gasteiger partial charge in [0.25, 0.3) is 5.56 Å². The number of fused-ring (bicyclic) bond motifs is 1. The van der Waals surface area contributed by atoms with Gasteiger partial charge in [-0.05, 0) is 19.9 Å². The highest BCUT2D eigenvalue weighted by molar-refractivity contribution is 5.30. The molecule has 0 bridgehead atoms. The highest BCUT2D eigenvalue weighted by atomic mass is 16.1. The molecule has 2 heterocycles. The van der Waals surface area contributed by atoms with Crippen LogP contribution in [0.25, 0.3) is 0 Å². The van der Waals surface area contributed by atoms with Crippen LogP contribution < -0.4 is 16.2 Å². The Bertz CT molecular complexity index is 399. The minimum absolute atomic E-state index is 0.000324. The zero-order valence-corrected chi connectivity index (χ0v) is 8.89. The minimum atomic E-state index is -0.000324. The summed E-state index contributed by atoms with van der Waals surface area (Å²) in [4.78, 5) is 18.9. The van der Waals surface area contributed by atoms with E-state index in [0.717, 1.165) is 43.7 Å². The fourth-order valence-electron chi connectivity index (χ4n) is 1.81. The highest BCUT2D eigenvalue weighted by Gasteiger charge is 2.13. The summed E-state index contributed by atoms with van der Waals surface area (Å²) in [6.07, 6.45) is 1.60. The topological polar surface area (TPSA) is 69.8 Å². The maximum atomic E-state index is 11.7. The van der Waals surface area contributed by atoms with Gasteiger partial charge in [0, 0.05) is 25.1 Å². The first-order valence-corrected chi connectivity index (χ1v) is 5.38. The fourth-order valence-corrected chi connectivity index (χ4v) is 1.81. The number of nitrogens with zero attached hydrogens (tertiary/aromatic N) is 1. The van der Waals surface area contributed by atoms with E-state index in [0.29, 0.717) is 5.95 Å². The van der Waals surface area contributed by atoms with Crippen LogP contribution in [0.15, 0.2) is 4.79 Å². The lowest BCUT2D eigenvalue weighted by molar-refractivity contribution is 0.708. The first kappa shape index (κ1) is 10.2. The molecule has 0 saturated heterocycles. The third-order valence-electron chi connectivity index (χ3n) is 2.54. The molecular weight excluding hydrogens is 192 g/mol. The lowest BCUT2D eigenvalue weighted by Gasteiger charge is -2.07. The van der Waals surface area contributed by atoms with Crippen LogP contribution in [-0.4, -0.2) is 29.6 Å². The lowest BCUT2D eigenvalue weighted by Crippen LogP contribution is -2.20. The molecule has 1 aromatic heterocycles. The van der Waals surface area contributed by atoms with Gasteiger partial charge < -0.3 is 10.6 Å². The molecular formula is C10H16N4O.